The number of allylic oxidation sites excluding steroid dienone is 1. The van der Waals surface area contributed by atoms with Gasteiger partial charge in [-0.15, -0.1) is 0 Å². The summed E-state index contributed by atoms with van der Waals surface area (Å²) < 4.78 is 25.1. The average Bonchev–Trinajstić information content (AvgIpc) is 2.97. The van der Waals surface area contributed by atoms with Gasteiger partial charge in [0.2, 0.25) is 5.78 Å². The number of ketones is 1. The molecule has 0 bridgehead atoms. The highest BCUT2D eigenvalue weighted by atomic mass is 79.9. The molecule has 0 spiro atoms. The number of hydrogen-bond acceptors (Lipinski definition) is 4. The number of fused-ring (bicyclic) bond motifs is 1. The molecule has 0 amide bonds. The summed E-state index contributed by atoms with van der Waals surface area (Å²) in [6.45, 7) is 0. The van der Waals surface area contributed by atoms with Gasteiger partial charge in [0.05, 0.1) is 11.1 Å². The van der Waals surface area contributed by atoms with Crippen LogP contribution in [0.1, 0.15) is 26.3 Å². The van der Waals surface area contributed by atoms with Gasteiger partial charge in [-0.2, -0.15) is 0 Å². The fourth-order valence-corrected chi connectivity index (χ4v) is 3.18. The third-order valence-electron chi connectivity index (χ3n) is 4.06. The Morgan fingerprint density at radius 1 is 1.04 bits per heavy atom. The molecule has 0 saturated heterocycles. The monoisotopic (exact) mass is 438 g/mol. The van der Waals surface area contributed by atoms with Gasteiger partial charge in [0.25, 0.3) is 0 Å². The van der Waals surface area contributed by atoms with Crippen LogP contribution in [0.15, 0.2) is 77.0 Å². The molecule has 6 heteroatoms. The van der Waals surface area contributed by atoms with E-state index in [1.807, 2.05) is 24.3 Å². The van der Waals surface area contributed by atoms with Crippen molar-refractivity contribution < 1.29 is 23.5 Å². The fraction of sp³-hybridized carbons (Fsp3) is 0. The lowest BCUT2D eigenvalue weighted by molar-refractivity contribution is 0.0734. The SMILES string of the molecule is O=C(Oc1ccc2c(c1)O/C(=C\c1cccc(Br)c1)C2=O)c1cccc(F)c1. The van der Waals surface area contributed by atoms with Gasteiger partial charge in [-0.25, -0.2) is 9.18 Å². The lowest BCUT2D eigenvalue weighted by Gasteiger charge is -2.05. The predicted octanol–water partition coefficient (Wildman–Crippen LogP) is 5.42. The molecule has 3 aromatic carbocycles. The van der Waals surface area contributed by atoms with Crippen molar-refractivity contribution in [3.63, 3.8) is 0 Å². The Morgan fingerprint density at radius 3 is 2.64 bits per heavy atom. The molecule has 0 aliphatic carbocycles. The molecule has 0 fully saturated rings. The van der Waals surface area contributed by atoms with Crippen molar-refractivity contribution in [3.8, 4) is 11.5 Å². The van der Waals surface area contributed by atoms with E-state index in [1.165, 1.54) is 36.4 Å². The van der Waals surface area contributed by atoms with Crippen LogP contribution >= 0.6 is 15.9 Å². The molecule has 4 nitrogen and oxygen atoms in total. The minimum atomic E-state index is -0.700. The highest BCUT2D eigenvalue weighted by Gasteiger charge is 2.28. The normalized spacial score (nSPS) is 13.9. The highest BCUT2D eigenvalue weighted by Crippen LogP contribution is 2.35. The van der Waals surface area contributed by atoms with Gasteiger partial charge in [-0.3, -0.25) is 4.79 Å². The third-order valence-corrected chi connectivity index (χ3v) is 4.55. The summed E-state index contributed by atoms with van der Waals surface area (Å²) in [6.07, 6.45) is 1.64. The minimum absolute atomic E-state index is 0.0905. The maximum absolute atomic E-state index is 13.3. The van der Waals surface area contributed by atoms with Crippen LogP contribution in [0.25, 0.3) is 6.08 Å². The molecule has 0 N–H and O–H groups in total. The van der Waals surface area contributed by atoms with E-state index in [9.17, 15) is 14.0 Å². The standard InChI is InChI=1S/C22H12BrFO4/c23-15-5-1-3-13(9-15)10-20-21(25)18-8-7-17(12-19(18)28-20)27-22(26)14-4-2-6-16(24)11-14/h1-12H/b20-10-. The van der Waals surface area contributed by atoms with Crippen LogP contribution in [-0.2, 0) is 0 Å². The molecule has 138 valence electrons. The summed E-state index contributed by atoms with van der Waals surface area (Å²) >= 11 is 3.38. The second-order valence-corrected chi connectivity index (χ2v) is 6.97. The first-order valence-electron chi connectivity index (χ1n) is 8.31. The van der Waals surface area contributed by atoms with Crippen molar-refractivity contribution in [2.45, 2.75) is 0 Å². The van der Waals surface area contributed by atoms with Crippen molar-refractivity contribution in [3.05, 3.63) is 99.5 Å². The molecule has 3 aromatic rings. The van der Waals surface area contributed by atoms with Crippen molar-refractivity contribution in [2.75, 3.05) is 0 Å². The Hall–Kier alpha value is -3.25. The largest absolute Gasteiger partial charge is 0.452 e. The second kappa shape index (κ2) is 7.40. The van der Waals surface area contributed by atoms with Gasteiger partial charge in [-0.05, 0) is 54.1 Å². The van der Waals surface area contributed by atoms with Crippen LogP contribution in [-0.4, -0.2) is 11.8 Å². The number of esters is 1. The predicted molar refractivity (Wildman–Crippen MR) is 105 cm³/mol. The van der Waals surface area contributed by atoms with E-state index in [0.29, 0.717) is 11.3 Å². The lowest BCUT2D eigenvalue weighted by Crippen LogP contribution is -2.08. The van der Waals surface area contributed by atoms with Gasteiger partial charge < -0.3 is 9.47 Å². The molecule has 0 radical (unpaired) electrons. The molecule has 1 aliphatic rings. The quantitative estimate of drug-likeness (QED) is 0.311. The van der Waals surface area contributed by atoms with Crippen LogP contribution in [0.3, 0.4) is 0 Å². The van der Waals surface area contributed by atoms with Gasteiger partial charge in [0.15, 0.2) is 5.76 Å². The van der Waals surface area contributed by atoms with Crippen LogP contribution in [0.2, 0.25) is 0 Å². The van der Waals surface area contributed by atoms with E-state index in [1.54, 1.807) is 6.08 Å². The number of rotatable bonds is 3. The van der Waals surface area contributed by atoms with E-state index < -0.39 is 11.8 Å². The lowest BCUT2D eigenvalue weighted by atomic mass is 10.1. The molecular formula is C22H12BrFO4. The van der Waals surface area contributed by atoms with Crippen molar-refractivity contribution in [2.24, 2.45) is 0 Å². The average molecular weight is 439 g/mol. The molecular weight excluding hydrogens is 427 g/mol. The first-order valence-corrected chi connectivity index (χ1v) is 9.10. The molecule has 1 aliphatic heterocycles. The first kappa shape index (κ1) is 18.1. The molecule has 1 heterocycles. The highest BCUT2D eigenvalue weighted by molar-refractivity contribution is 9.10. The summed E-state index contributed by atoms with van der Waals surface area (Å²) in [6, 6.07) is 17.2. The molecule has 28 heavy (non-hydrogen) atoms. The van der Waals surface area contributed by atoms with E-state index in [0.717, 1.165) is 16.1 Å². The van der Waals surface area contributed by atoms with E-state index in [4.69, 9.17) is 9.47 Å². The van der Waals surface area contributed by atoms with Crippen LogP contribution < -0.4 is 9.47 Å². The molecule has 4 rings (SSSR count). The zero-order valence-corrected chi connectivity index (χ0v) is 15.9. The van der Waals surface area contributed by atoms with Gasteiger partial charge in [-0.1, -0.05) is 34.1 Å². The van der Waals surface area contributed by atoms with Crippen LogP contribution in [0.5, 0.6) is 11.5 Å². The van der Waals surface area contributed by atoms with Crippen molar-refractivity contribution >= 4 is 33.8 Å². The Labute approximate surface area is 168 Å². The van der Waals surface area contributed by atoms with E-state index in [2.05, 4.69) is 15.9 Å². The summed E-state index contributed by atoms with van der Waals surface area (Å²) in [5.74, 6) is -0.798. The van der Waals surface area contributed by atoms with E-state index >= 15 is 0 Å². The van der Waals surface area contributed by atoms with Crippen molar-refractivity contribution in [1.29, 1.82) is 0 Å². The number of halogens is 2. The second-order valence-electron chi connectivity index (χ2n) is 6.05. The van der Waals surface area contributed by atoms with Crippen LogP contribution in [0, 0.1) is 5.82 Å². The van der Waals surface area contributed by atoms with Crippen LogP contribution in [0.4, 0.5) is 4.39 Å². The number of benzene rings is 3. The first-order chi connectivity index (χ1) is 13.5. The Morgan fingerprint density at radius 2 is 1.86 bits per heavy atom. The van der Waals surface area contributed by atoms with E-state index in [-0.39, 0.29) is 22.9 Å². The maximum atomic E-state index is 13.3. The number of Topliss-reactive ketones (excluding diaryl/α,β-unsaturated/α-hetero) is 1. The number of carbonyl (C=O) groups is 2. The van der Waals surface area contributed by atoms with Gasteiger partial charge in [0.1, 0.15) is 17.3 Å². The number of carbonyl (C=O) groups excluding carboxylic acids is 2. The van der Waals surface area contributed by atoms with Gasteiger partial charge >= 0.3 is 5.97 Å². The molecule has 0 saturated carbocycles. The molecule has 0 atom stereocenters. The Balaban J connectivity index is 1.56. The van der Waals surface area contributed by atoms with Crippen molar-refractivity contribution in [1.82, 2.24) is 0 Å². The summed E-state index contributed by atoms with van der Waals surface area (Å²) in [4.78, 5) is 24.7. The topological polar surface area (TPSA) is 52.6 Å². The Kier molecular flexibility index (Phi) is 4.79. The number of ether oxygens (including phenoxy) is 2. The Bertz CT molecular complexity index is 1140. The summed E-state index contributed by atoms with van der Waals surface area (Å²) in [7, 11) is 0. The molecule has 0 unspecified atom stereocenters. The number of hydrogen-bond donors (Lipinski definition) is 0. The smallest absolute Gasteiger partial charge is 0.343 e. The fourth-order valence-electron chi connectivity index (χ4n) is 2.76. The summed E-state index contributed by atoms with van der Waals surface area (Å²) in [5.41, 5.74) is 1.28. The van der Waals surface area contributed by atoms with Gasteiger partial charge in [0, 0.05) is 10.5 Å². The zero-order valence-electron chi connectivity index (χ0n) is 14.3. The maximum Gasteiger partial charge on any atom is 0.343 e. The zero-order chi connectivity index (χ0) is 19.7. The minimum Gasteiger partial charge on any atom is -0.452 e. The third kappa shape index (κ3) is 3.73. The summed E-state index contributed by atoms with van der Waals surface area (Å²) in [5, 5.41) is 0. The molecule has 0 aromatic heterocycles.